The minimum atomic E-state index is -0.303. The molecule has 0 radical (unpaired) electrons. The zero-order valence-corrected chi connectivity index (χ0v) is 31.8. The predicted octanol–water partition coefficient (Wildman–Crippen LogP) is 15.3. The zero-order chi connectivity index (χ0) is 37.2. The van der Waals surface area contributed by atoms with Gasteiger partial charge >= 0.3 is 0 Å². The Hall–Kier alpha value is -6.74. The Morgan fingerprint density at radius 2 is 0.982 bits per heavy atom. The lowest BCUT2D eigenvalue weighted by atomic mass is 9.74. The van der Waals surface area contributed by atoms with Gasteiger partial charge in [0.15, 0.2) is 0 Å². The van der Waals surface area contributed by atoms with Crippen LogP contribution in [0.5, 0.6) is 0 Å². The second kappa shape index (κ2) is 12.9. The first-order valence-electron chi connectivity index (χ1n) is 19.3. The van der Waals surface area contributed by atoms with Gasteiger partial charge in [-0.2, -0.15) is 0 Å². The molecule has 0 spiro atoms. The molecule has 1 unspecified atom stereocenters. The molecule has 9 aromatic carbocycles. The maximum absolute atomic E-state index is 2.45. The van der Waals surface area contributed by atoms with Crippen molar-refractivity contribution in [3.8, 4) is 33.4 Å². The van der Waals surface area contributed by atoms with E-state index in [1.54, 1.807) is 0 Å². The smallest absolute Gasteiger partial charge is 0.0467 e. The van der Waals surface area contributed by atoms with Crippen LogP contribution in [0.15, 0.2) is 206 Å². The Kier molecular flexibility index (Phi) is 7.55. The van der Waals surface area contributed by atoms with E-state index in [0.29, 0.717) is 0 Å². The normalized spacial score (nSPS) is 14.6. The third-order valence-corrected chi connectivity index (χ3v) is 13.1. The number of anilines is 3. The van der Waals surface area contributed by atoms with Gasteiger partial charge in [0.25, 0.3) is 0 Å². The van der Waals surface area contributed by atoms with Gasteiger partial charge in [0, 0.05) is 42.6 Å². The minimum Gasteiger partial charge on any atom is -0.310 e. The molecule has 1 heterocycles. The molecule has 1 atom stereocenters. The Morgan fingerprint density at radius 3 is 1.80 bits per heavy atom. The first-order chi connectivity index (χ1) is 27.6. The average molecular weight is 732 g/mol. The lowest BCUT2D eigenvalue weighted by Gasteiger charge is -2.31. The average Bonchev–Trinajstić information content (AvgIpc) is 3.76. The monoisotopic (exact) mass is 731 g/mol. The first-order valence-corrected chi connectivity index (χ1v) is 20.1. The van der Waals surface area contributed by atoms with Crippen LogP contribution in [0.25, 0.3) is 64.3 Å². The van der Waals surface area contributed by atoms with Crippen LogP contribution in [0.1, 0.15) is 23.6 Å². The van der Waals surface area contributed by atoms with E-state index >= 15 is 0 Å². The summed E-state index contributed by atoms with van der Waals surface area (Å²) in [5.41, 5.74) is 14.4. The van der Waals surface area contributed by atoms with Gasteiger partial charge in [0.1, 0.15) is 0 Å². The van der Waals surface area contributed by atoms with Crippen molar-refractivity contribution in [2.45, 2.75) is 12.3 Å². The second-order valence-corrected chi connectivity index (χ2v) is 16.2. The van der Waals surface area contributed by atoms with Crippen LogP contribution in [0.3, 0.4) is 0 Å². The topological polar surface area (TPSA) is 3.24 Å². The van der Waals surface area contributed by atoms with Crippen molar-refractivity contribution in [2.24, 2.45) is 0 Å². The van der Waals surface area contributed by atoms with Gasteiger partial charge in [-0.1, -0.05) is 146 Å². The van der Waals surface area contributed by atoms with E-state index in [9.17, 15) is 0 Å². The highest BCUT2D eigenvalue weighted by Crippen LogP contribution is 2.54. The number of benzene rings is 9. The van der Waals surface area contributed by atoms with E-state index in [2.05, 4.69) is 218 Å². The van der Waals surface area contributed by atoms with Gasteiger partial charge in [-0.3, -0.25) is 0 Å². The number of thiophene rings is 1. The molecule has 0 saturated carbocycles. The van der Waals surface area contributed by atoms with Crippen molar-refractivity contribution in [3.63, 3.8) is 0 Å². The van der Waals surface area contributed by atoms with E-state index in [1.165, 1.54) is 81.0 Å². The number of hydrogen-bond donors (Lipinski definition) is 0. The van der Waals surface area contributed by atoms with Gasteiger partial charge in [0.05, 0.1) is 0 Å². The summed E-state index contributed by atoms with van der Waals surface area (Å²) in [5, 5.41) is 5.12. The Balaban J connectivity index is 1.10. The van der Waals surface area contributed by atoms with Crippen molar-refractivity contribution in [2.75, 3.05) is 4.90 Å². The van der Waals surface area contributed by atoms with Crippen LogP contribution in [0.2, 0.25) is 0 Å². The van der Waals surface area contributed by atoms with Crippen LogP contribution in [-0.4, -0.2) is 0 Å². The summed E-state index contributed by atoms with van der Waals surface area (Å²) in [4.78, 5) is 2.45. The maximum atomic E-state index is 2.45. The van der Waals surface area contributed by atoms with E-state index < -0.39 is 0 Å². The predicted molar refractivity (Wildman–Crippen MR) is 240 cm³/mol. The van der Waals surface area contributed by atoms with E-state index in [4.69, 9.17) is 0 Å². The van der Waals surface area contributed by atoms with Crippen molar-refractivity contribution in [1.82, 2.24) is 0 Å². The minimum absolute atomic E-state index is 0.303. The molecule has 0 N–H and O–H groups in total. The highest BCUT2D eigenvalue weighted by molar-refractivity contribution is 7.25. The molecule has 0 bridgehead atoms. The van der Waals surface area contributed by atoms with Gasteiger partial charge in [0.2, 0.25) is 0 Å². The van der Waals surface area contributed by atoms with Crippen molar-refractivity contribution in [1.29, 1.82) is 0 Å². The Labute approximate surface area is 331 Å². The fraction of sp³-hybridized carbons (Fsp3) is 0.0370. The van der Waals surface area contributed by atoms with Crippen molar-refractivity contribution >= 4 is 59.3 Å². The Morgan fingerprint density at radius 1 is 0.375 bits per heavy atom. The SMILES string of the molecule is CC1(c2ccccc2)c2ccccc2-c2ccc(N(c3cccc(-c4ccc5ccccc5c4)c3)c3cccc(-c4ccc5sc6ccccc6c5c4)c3)cc21. The molecule has 1 aliphatic rings. The molecule has 1 aromatic heterocycles. The third-order valence-electron chi connectivity index (χ3n) is 11.9. The molecule has 1 aliphatic carbocycles. The molecular weight excluding hydrogens is 695 g/mol. The number of hydrogen-bond acceptors (Lipinski definition) is 2. The molecule has 11 rings (SSSR count). The van der Waals surface area contributed by atoms with Crippen LogP contribution in [-0.2, 0) is 5.41 Å². The van der Waals surface area contributed by atoms with Gasteiger partial charge in [-0.25, -0.2) is 0 Å². The van der Waals surface area contributed by atoms with E-state index in [-0.39, 0.29) is 5.41 Å². The summed E-state index contributed by atoms with van der Waals surface area (Å²) in [7, 11) is 0. The fourth-order valence-corrected chi connectivity index (χ4v) is 10.2. The molecule has 264 valence electrons. The fourth-order valence-electron chi connectivity index (χ4n) is 9.07. The summed E-state index contributed by atoms with van der Waals surface area (Å²) >= 11 is 1.86. The zero-order valence-electron chi connectivity index (χ0n) is 31.0. The lowest BCUT2D eigenvalue weighted by molar-refractivity contribution is 0.714. The number of fused-ring (bicyclic) bond motifs is 7. The summed E-state index contributed by atoms with van der Waals surface area (Å²) in [6.07, 6.45) is 0. The van der Waals surface area contributed by atoms with Crippen LogP contribution >= 0.6 is 11.3 Å². The molecule has 2 heteroatoms. The largest absolute Gasteiger partial charge is 0.310 e. The van der Waals surface area contributed by atoms with Gasteiger partial charge in [-0.15, -0.1) is 11.3 Å². The summed E-state index contributed by atoms with van der Waals surface area (Å²) < 4.78 is 2.64. The molecule has 56 heavy (non-hydrogen) atoms. The maximum Gasteiger partial charge on any atom is 0.0467 e. The molecule has 10 aromatic rings. The standard InChI is InChI=1S/C54H37NS/c1-54(42-17-3-2-4-18-42)50-23-9-7-21-46(50)47-29-28-45(35-51(47)54)55(43-19-11-15-38(32-43)40-26-25-36-13-5-6-14-37(36)31-40)44-20-12-16-39(33-44)41-27-30-53-49(34-41)48-22-8-10-24-52(48)56-53/h2-35H,1H3. The molecular formula is C54H37NS. The Bertz CT molecular complexity index is 3120. The first kappa shape index (κ1) is 32.7. The van der Waals surface area contributed by atoms with Crippen LogP contribution < -0.4 is 4.90 Å². The third kappa shape index (κ3) is 5.21. The number of rotatable bonds is 6. The van der Waals surface area contributed by atoms with Gasteiger partial charge < -0.3 is 4.90 Å². The van der Waals surface area contributed by atoms with Crippen molar-refractivity contribution in [3.05, 3.63) is 223 Å². The van der Waals surface area contributed by atoms with Gasteiger partial charge in [-0.05, 0) is 128 Å². The molecule has 0 aliphatic heterocycles. The van der Waals surface area contributed by atoms with Crippen LogP contribution in [0.4, 0.5) is 17.1 Å². The summed E-state index contributed by atoms with van der Waals surface area (Å²) in [6.45, 7) is 2.40. The second-order valence-electron chi connectivity index (χ2n) is 15.1. The summed E-state index contributed by atoms with van der Waals surface area (Å²) in [5.74, 6) is 0. The number of nitrogens with zero attached hydrogens (tertiary/aromatic N) is 1. The molecule has 0 fully saturated rings. The summed E-state index contributed by atoms with van der Waals surface area (Å²) in [6, 6.07) is 76.2. The quantitative estimate of drug-likeness (QED) is 0.165. The van der Waals surface area contributed by atoms with E-state index in [1.807, 2.05) is 11.3 Å². The van der Waals surface area contributed by atoms with Crippen molar-refractivity contribution < 1.29 is 0 Å². The van der Waals surface area contributed by atoms with E-state index in [0.717, 1.165) is 17.1 Å². The highest BCUT2D eigenvalue weighted by atomic mass is 32.1. The molecule has 0 amide bonds. The molecule has 1 nitrogen and oxygen atoms in total. The molecule has 0 saturated heterocycles. The lowest BCUT2D eigenvalue weighted by Crippen LogP contribution is -2.22. The van der Waals surface area contributed by atoms with Crippen LogP contribution in [0, 0.1) is 0 Å². The highest BCUT2D eigenvalue weighted by Gasteiger charge is 2.41.